The lowest BCUT2D eigenvalue weighted by Crippen LogP contribution is -2.22. The van der Waals surface area contributed by atoms with E-state index >= 15 is 0 Å². The van der Waals surface area contributed by atoms with Gasteiger partial charge < -0.3 is 9.05 Å². The van der Waals surface area contributed by atoms with E-state index < -0.39 is 0 Å². The molecule has 1 saturated heterocycles. The van der Waals surface area contributed by atoms with E-state index in [-0.39, 0.29) is 6.04 Å². The van der Waals surface area contributed by atoms with Crippen LogP contribution in [0.25, 0.3) is 22.9 Å². The summed E-state index contributed by atoms with van der Waals surface area (Å²) in [5.41, 5.74) is 2.24. The Labute approximate surface area is 161 Å². The minimum absolute atomic E-state index is 0.0633. The highest BCUT2D eigenvalue weighted by Gasteiger charge is 2.31. The van der Waals surface area contributed by atoms with Crippen molar-refractivity contribution in [2.45, 2.75) is 25.4 Å². The number of pyridine rings is 2. The van der Waals surface area contributed by atoms with Crippen LogP contribution in [0.1, 0.15) is 30.5 Å². The van der Waals surface area contributed by atoms with Crippen LogP contribution in [0.2, 0.25) is 0 Å². The first-order valence-electron chi connectivity index (χ1n) is 9.23. The predicted octanol–water partition coefficient (Wildman–Crippen LogP) is 3.52. The van der Waals surface area contributed by atoms with Crippen molar-refractivity contribution in [3.63, 3.8) is 0 Å². The lowest BCUT2D eigenvalue weighted by atomic mass is 10.2. The molecule has 0 spiro atoms. The fourth-order valence-corrected chi connectivity index (χ4v) is 3.49. The van der Waals surface area contributed by atoms with E-state index in [1.165, 1.54) is 0 Å². The van der Waals surface area contributed by atoms with Gasteiger partial charge in [0.1, 0.15) is 11.4 Å². The normalized spacial score (nSPS) is 17.2. The summed E-state index contributed by atoms with van der Waals surface area (Å²) < 4.78 is 11.1. The molecule has 5 heterocycles. The van der Waals surface area contributed by atoms with E-state index in [0.29, 0.717) is 24.0 Å². The summed E-state index contributed by atoms with van der Waals surface area (Å²) >= 11 is 0. The number of hydrogen-bond acceptors (Lipinski definition) is 8. The molecule has 0 aliphatic carbocycles. The van der Waals surface area contributed by atoms with Gasteiger partial charge in [0.15, 0.2) is 5.76 Å². The van der Waals surface area contributed by atoms with Crippen LogP contribution in [0.5, 0.6) is 0 Å². The fraction of sp³-hybridized carbons (Fsp3) is 0.250. The van der Waals surface area contributed by atoms with Gasteiger partial charge in [-0.15, -0.1) is 0 Å². The van der Waals surface area contributed by atoms with Crippen LogP contribution in [0.4, 0.5) is 0 Å². The number of aromatic nitrogens is 5. The molecule has 4 aromatic heterocycles. The molecule has 28 heavy (non-hydrogen) atoms. The van der Waals surface area contributed by atoms with Gasteiger partial charge in [0, 0.05) is 18.5 Å². The van der Waals surface area contributed by atoms with Gasteiger partial charge in [0.25, 0.3) is 0 Å². The van der Waals surface area contributed by atoms with Gasteiger partial charge in [-0.05, 0) is 43.7 Å². The van der Waals surface area contributed by atoms with Crippen molar-refractivity contribution in [3.8, 4) is 22.9 Å². The van der Waals surface area contributed by atoms with Crippen molar-refractivity contribution in [1.29, 1.82) is 0 Å². The molecule has 0 radical (unpaired) electrons. The molecular formula is C20H18N6O2. The van der Waals surface area contributed by atoms with E-state index in [2.05, 4.69) is 30.2 Å². The summed E-state index contributed by atoms with van der Waals surface area (Å²) in [7, 11) is 0. The Morgan fingerprint density at radius 2 is 1.75 bits per heavy atom. The molecule has 8 nitrogen and oxygen atoms in total. The first-order chi connectivity index (χ1) is 13.9. The van der Waals surface area contributed by atoms with Crippen molar-refractivity contribution >= 4 is 0 Å². The lowest BCUT2D eigenvalue weighted by Gasteiger charge is -2.19. The third-order valence-corrected chi connectivity index (χ3v) is 4.83. The summed E-state index contributed by atoms with van der Waals surface area (Å²) in [6, 6.07) is 13.4. The van der Waals surface area contributed by atoms with Gasteiger partial charge >= 0.3 is 0 Å². The van der Waals surface area contributed by atoms with Crippen molar-refractivity contribution in [1.82, 2.24) is 30.2 Å². The average molecular weight is 374 g/mol. The zero-order chi connectivity index (χ0) is 18.8. The van der Waals surface area contributed by atoms with E-state index in [9.17, 15) is 0 Å². The summed E-state index contributed by atoms with van der Waals surface area (Å²) in [5.74, 6) is 1.92. The van der Waals surface area contributed by atoms with Crippen LogP contribution in [0.3, 0.4) is 0 Å². The molecule has 0 bridgehead atoms. The molecular weight excluding hydrogens is 356 g/mol. The second kappa shape index (κ2) is 7.32. The SMILES string of the molecule is c1ccc(-c2cc(CN3CCC[C@@H]3c3nc(-c4ccccn4)no3)on2)nc1. The molecule has 5 rings (SSSR count). The average Bonchev–Trinajstić information content (AvgIpc) is 3.50. The van der Waals surface area contributed by atoms with E-state index in [0.717, 1.165) is 36.5 Å². The molecule has 4 aromatic rings. The van der Waals surface area contributed by atoms with Crippen LogP contribution in [-0.4, -0.2) is 36.7 Å². The van der Waals surface area contributed by atoms with E-state index in [4.69, 9.17) is 9.05 Å². The number of hydrogen-bond donors (Lipinski definition) is 0. The quantitative estimate of drug-likeness (QED) is 0.524. The van der Waals surface area contributed by atoms with Crippen molar-refractivity contribution in [2.75, 3.05) is 6.54 Å². The zero-order valence-corrected chi connectivity index (χ0v) is 15.1. The smallest absolute Gasteiger partial charge is 0.244 e. The zero-order valence-electron chi connectivity index (χ0n) is 15.1. The summed E-state index contributed by atoms with van der Waals surface area (Å²) in [6.45, 7) is 1.57. The maximum Gasteiger partial charge on any atom is 0.244 e. The Kier molecular flexibility index (Phi) is 4.38. The molecule has 1 aliphatic heterocycles. The molecule has 0 unspecified atom stereocenters. The number of nitrogens with zero attached hydrogens (tertiary/aromatic N) is 6. The predicted molar refractivity (Wildman–Crippen MR) is 99.6 cm³/mol. The highest BCUT2D eigenvalue weighted by atomic mass is 16.5. The van der Waals surface area contributed by atoms with Gasteiger partial charge in [0.05, 0.1) is 18.3 Å². The van der Waals surface area contributed by atoms with Crippen molar-refractivity contribution in [3.05, 3.63) is 66.5 Å². The monoisotopic (exact) mass is 374 g/mol. The molecule has 0 N–H and O–H groups in total. The van der Waals surface area contributed by atoms with Gasteiger partial charge in [-0.25, -0.2) is 0 Å². The number of likely N-dealkylation sites (tertiary alicyclic amines) is 1. The van der Waals surface area contributed by atoms with Crippen molar-refractivity contribution < 1.29 is 9.05 Å². The van der Waals surface area contributed by atoms with Gasteiger partial charge in [-0.2, -0.15) is 4.98 Å². The molecule has 0 saturated carbocycles. The standard InChI is InChI=1S/C20H18N6O2/c1-3-9-21-15(6-1)17-12-14(27-24-17)13-26-11-5-8-18(26)20-23-19(25-28-20)16-7-2-4-10-22-16/h1-4,6-7,9-10,12,18H,5,8,11,13H2/t18-/m1/s1. The summed E-state index contributed by atoms with van der Waals surface area (Å²) in [5, 5.41) is 8.24. The highest BCUT2D eigenvalue weighted by molar-refractivity contribution is 5.53. The molecule has 1 fully saturated rings. The Balaban J connectivity index is 1.33. The number of rotatable bonds is 5. The van der Waals surface area contributed by atoms with Gasteiger partial charge in [0.2, 0.25) is 11.7 Å². The van der Waals surface area contributed by atoms with Crippen LogP contribution in [-0.2, 0) is 6.54 Å². The lowest BCUT2D eigenvalue weighted by molar-refractivity contribution is 0.182. The van der Waals surface area contributed by atoms with Crippen LogP contribution < -0.4 is 0 Å². The van der Waals surface area contributed by atoms with Gasteiger partial charge in [-0.1, -0.05) is 22.4 Å². The Bertz CT molecular complexity index is 1050. The minimum atomic E-state index is 0.0633. The largest absolute Gasteiger partial charge is 0.359 e. The molecule has 1 atom stereocenters. The first-order valence-corrected chi connectivity index (χ1v) is 9.23. The van der Waals surface area contributed by atoms with E-state index in [1.54, 1.807) is 12.4 Å². The molecule has 140 valence electrons. The van der Waals surface area contributed by atoms with Crippen LogP contribution in [0, 0.1) is 0 Å². The highest BCUT2D eigenvalue weighted by Crippen LogP contribution is 2.33. The Morgan fingerprint density at radius 3 is 2.54 bits per heavy atom. The second-order valence-corrected chi connectivity index (χ2v) is 6.69. The van der Waals surface area contributed by atoms with Crippen LogP contribution >= 0.6 is 0 Å². The maximum absolute atomic E-state index is 5.55. The minimum Gasteiger partial charge on any atom is -0.359 e. The Hall–Kier alpha value is -3.39. The third kappa shape index (κ3) is 3.29. The van der Waals surface area contributed by atoms with Crippen molar-refractivity contribution in [2.24, 2.45) is 0 Å². The van der Waals surface area contributed by atoms with E-state index in [1.807, 2.05) is 42.5 Å². The topological polar surface area (TPSA) is 94.0 Å². The second-order valence-electron chi connectivity index (χ2n) is 6.69. The Morgan fingerprint density at radius 1 is 0.929 bits per heavy atom. The third-order valence-electron chi connectivity index (χ3n) is 4.83. The van der Waals surface area contributed by atoms with Gasteiger partial charge in [-0.3, -0.25) is 14.9 Å². The molecule has 0 amide bonds. The fourth-order valence-electron chi connectivity index (χ4n) is 3.49. The molecule has 1 aliphatic rings. The maximum atomic E-state index is 5.55. The molecule has 0 aromatic carbocycles. The first kappa shape index (κ1) is 16.8. The molecule has 8 heteroatoms. The van der Waals surface area contributed by atoms with Crippen LogP contribution in [0.15, 0.2) is 63.9 Å². The summed E-state index contributed by atoms with van der Waals surface area (Å²) in [6.07, 6.45) is 5.49. The summed E-state index contributed by atoms with van der Waals surface area (Å²) in [4.78, 5) is 15.4.